The summed E-state index contributed by atoms with van der Waals surface area (Å²) >= 11 is 1.60. The summed E-state index contributed by atoms with van der Waals surface area (Å²) in [6.07, 6.45) is 0. The Morgan fingerprint density at radius 3 is 2.31 bits per heavy atom. The molecule has 0 unspecified atom stereocenters. The molecule has 0 saturated heterocycles. The van der Waals surface area contributed by atoms with E-state index in [2.05, 4.69) is 47.5 Å². The lowest BCUT2D eigenvalue weighted by atomic mass is 10.5. The van der Waals surface area contributed by atoms with Crippen molar-refractivity contribution in [2.45, 2.75) is 38.1 Å². The Morgan fingerprint density at radius 2 is 1.81 bits per heavy atom. The first kappa shape index (κ1) is 13.0. The Morgan fingerprint density at radius 1 is 1.19 bits per heavy atom. The van der Waals surface area contributed by atoms with Crippen LogP contribution in [0.1, 0.15) is 27.7 Å². The molecule has 0 spiro atoms. The van der Waals surface area contributed by atoms with Crippen LogP contribution in [0, 0.1) is 0 Å². The maximum atomic E-state index is 5.68. The first-order valence-corrected chi connectivity index (χ1v) is 6.37. The van der Waals surface area contributed by atoms with E-state index in [1.54, 1.807) is 11.8 Å². The third-order valence-electron chi connectivity index (χ3n) is 2.01. The summed E-state index contributed by atoms with van der Waals surface area (Å²) in [5.41, 5.74) is 5.68. The van der Waals surface area contributed by atoms with Crippen molar-refractivity contribution in [1.82, 2.24) is 15.0 Å². The zero-order chi connectivity index (χ0) is 12.1. The average molecular weight is 241 g/mol. The minimum Gasteiger partial charge on any atom is -0.368 e. The van der Waals surface area contributed by atoms with E-state index in [-0.39, 0.29) is 0 Å². The van der Waals surface area contributed by atoms with Crippen LogP contribution in [-0.4, -0.2) is 33.3 Å². The van der Waals surface area contributed by atoms with E-state index in [1.165, 1.54) is 0 Å². The molecule has 16 heavy (non-hydrogen) atoms. The fourth-order valence-electron chi connectivity index (χ4n) is 1.27. The lowest BCUT2D eigenvalue weighted by Gasteiger charge is -2.18. The van der Waals surface area contributed by atoms with E-state index in [0.29, 0.717) is 22.3 Å². The molecular weight excluding hydrogens is 222 g/mol. The van der Waals surface area contributed by atoms with Crippen LogP contribution in [0.2, 0.25) is 0 Å². The molecule has 2 N–H and O–H groups in total. The minimum atomic E-state index is 0.292. The van der Waals surface area contributed by atoms with Gasteiger partial charge in [-0.25, -0.2) is 0 Å². The standard InChI is InChI=1S/C10H19N5S/c1-5-15(6-2)9-12-8(11)13-10(14-9)16-7(3)4/h7H,5-6H2,1-4H3,(H2,11,12,13,14). The summed E-state index contributed by atoms with van der Waals surface area (Å²) < 4.78 is 0. The van der Waals surface area contributed by atoms with Gasteiger partial charge in [0.25, 0.3) is 0 Å². The van der Waals surface area contributed by atoms with E-state index >= 15 is 0 Å². The first-order valence-electron chi connectivity index (χ1n) is 5.50. The van der Waals surface area contributed by atoms with Crippen LogP contribution in [0.5, 0.6) is 0 Å². The van der Waals surface area contributed by atoms with Gasteiger partial charge in [-0.1, -0.05) is 25.6 Å². The number of nitrogen functional groups attached to an aromatic ring is 1. The lowest BCUT2D eigenvalue weighted by Crippen LogP contribution is -2.25. The molecule has 5 nitrogen and oxygen atoms in total. The van der Waals surface area contributed by atoms with Gasteiger partial charge in [-0.2, -0.15) is 15.0 Å². The SMILES string of the molecule is CCN(CC)c1nc(N)nc(SC(C)C)n1. The number of anilines is 2. The van der Waals surface area contributed by atoms with E-state index < -0.39 is 0 Å². The number of aromatic nitrogens is 3. The van der Waals surface area contributed by atoms with Crippen LogP contribution >= 0.6 is 11.8 Å². The van der Waals surface area contributed by atoms with E-state index in [1.807, 2.05) is 0 Å². The average Bonchev–Trinajstić information content (AvgIpc) is 2.17. The van der Waals surface area contributed by atoms with Crippen LogP contribution in [0.4, 0.5) is 11.9 Å². The van der Waals surface area contributed by atoms with Crippen molar-refractivity contribution in [3.8, 4) is 0 Å². The van der Waals surface area contributed by atoms with Crippen LogP contribution < -0.4 is 10.6 Å². The largest absolute Gasteiger partial charge is 0.368 e. The van der Waals surface area contributed by atoms with Gasteiger partial charge >= 0.3 is 0 Å². The first-order chi connectivity index (χ1) is 7.56. The van der Waals surface area contributed by atoms with Crippen LogP contribution in [0.3, 0.4) is 0 Å². The molecule has 0 aliphatic heterocycles. The summed E-state index contributed by atoms with van der Waals surface area (Å²) in [6, 6.07) is 0. The van der Waals surface area contributed by atoms with Crippen LogP contribution in [0.25, 0.3) is 0 Å². The zero-order valence-electron chi connectivity index (χ0n) is 10.3. The summed E-state index contributed by atoms with van der Waals surface area (Å²) in [5, 5.41) is 1.13. The van der Waals surface area contributed by atoms with Crippen molar-refractivity contribution in [3.05, 3.63) is 0 Å². The Labute approximate surface area is 101 Å². The van der Waals surface area contributed by atoms with Gasteiger partial charge in [-0.3, -0.25) is 0 Å². The van der Waals surface area contributed by atoms with Crippen LogP contribution in [0.15, 0.2) is 5.16 Å². The predicted octanol–water partition coefficient (Wildman–Crippen LogP) is 1.80. The Balaban J connectivity index is 2.97. The maximum Gasteiger partial charge on any atom is 0.231 e. The molecular formula is C10H19N5S. The molecule has 0 fully saturated rings. The Hall–Kier alpha value is -1.04. The summed E-state index contributed by atoms with van der Waals surface area (Å²) in [7, 11) is 0. The Bertz CT molecular complexity index is 338. The second-order valence-corrected chi connectivity index (χ2v) is 5.16. The van der Waals surface area contributed by atoms with Gasteiger partial charge in [0.05, 0.1) is 0 Å². The zero-order valence-corrected chi connectivity index (χ0v) is 11.1. The van der Waals surface area contributed by atoms with Gasteiger partial charge in [-0.15, -0.1) is 0 Å². The van der Waals surface area contributed by atoms with Crippen molar-refractivity contribution < 1.29 is 0 Å². The smallest absolute Gasteiger partial charge is 0.231 e. The van der Waals surface area contributed by atoms with Gasteiger partial charge in [0.2, 0.25) is 11.9 Å². The number of thioether (sulfide) groups is 1. The number of nitrogens with zero attached hydrogens (tertiary/aromatic N) is 4. The number of nitrogens with two attached hydrogens (primary N) is 1. The second kappa shape index (κ2) is 5.89. The molecule has 0 aromatic carbocycles. The van der Waals surface area contributed by atoms with Gasteiger partial charge < -0.3 is 10.6 Å². The fourth-order valence-corrected chi connectivity index (χ4v) is 1.97. The number of rotatable bonds is 5. The van der Waals surface area contributed by atoms with E-state index in [4.69, 9.17) is 5.73 Å². The highest BCUT2D eigenvalue weighted by atomic mass is 32.2. The number of hydrogen-bond donors (Lipinski definition) is 1. The predicted molar refractivity (Wildman–Crippen MR) is 68.8 cm³/mol. The molecule has 0 aliphatic carbocycles. The topological polar surface area (TPSA) is 67.9 Å². The lowest BCUT2D eigenvalue weighted by molar-refractivity contribution is 0.786. The van der Waals surface area contributed by atoms with Crippen molar-refractivity contribution in [3.63, 3.8) is 0 Å². The highest BCUT2D eigenvalue weighted by Gasteiger charge is 2.10. The summed E-state index contributed by atoms with van der Waals surface area (Å²) in [4.78, 5) is 14.7. The monoisotopic (exact) mass is 241 g/mol. The van der Waals surface area contributed by atoms with Crippen molar-refractivity contribution in [2.24, 2.45) is 0 Å². The van der Waals surface area contributed by atoms with Crippen molar-refractivity contribution in [2.75, 3.05) is 23.7 Å². The highest BCUT2D eigenvalue weighted by molar-refractivity contribution is 7.99. The van der Waals surface area contributed by atoms with Crippen molar-refractivity contribution >= 4 is 23.7 Å². The second-order valence-electron chi connectivity index (χ2n) is 3.62. The minimum absolute atomic E-state index is 0.292. The maximum absolute atomic E-state index is 5.68. The molecule has 0 radical (unpaired) electrons. The normalized spacial score (nSPS) is 10.8. The third-order valence-corrected chi connectivity index (χ3v) is 2.87. The summed E-state index contributed by atoms with van der Waals surface area (Å²) in [5.74, 6) is 0.959. The Kier molecular flexibility index (Phi) is 4.79. The van der Waals surface area contributed by atoms with E-state index in [9.17, 15) is 0 Å². The molecule has 0 aliphatic rings. The van der Waals surface area contributed by atoms with Gasteiger partial charge in [0.1, 0.15) is 0 Å². The third kappa shape index (κ3) is 3.52. The molecule has 1 aromatic heterocycles. The summed E-state index contributed by atoms with van der Waals surface area (Å²) in [6.45, 7) is 10.1. The van der Waals surface area contributed by atoms with Crippen LogP contribution in [-0.2, 0) is 0 Å². The molecule has 6 heteroatoms. The van der Waals surface area contributed by atoms with Gasteiger partial charge in [-0.05, 0) is 13.8 Å². The van der Waals surface area contributed by atoms with Gasteiger partial charge in [0, 0.05) is 18.3 Å². The van der Waals surface area contributed by atoms with Gasteiger partial charge in [0.15, 0.2) is 5.16 Å². The molecule has 0 saturated carbocycles. The van der Waals surface area contributed by atoms with E-state index in [0.717, 1.165) is 13.1 Å². The quantitative estimate of drug-likeness (QED) is 0.793. The number of hydrogen-bond acceptors (Lipinski definition) is 6. The molecule has 0 amide bonds. The molecule has 0 atom stereocenters. The molecule has 1 heterocycles. The molecule has 90 valence electrons. The highest BCUT2D eigenvalue weighted by Crippen LogP contribution is 2.21. The molecule has 1 aromatic rings. The van der Waals surface area contributed by atoms with Crippen molar-refractivity contribution in [1.29, 1.82) is 0 Å². The molecule has 0 bridgehead atoms. The fraction of sp³-hybridized carbons (Fsp3) is 0.700. The molecule has 1 rings (SSSR count).